The molecule has 0 fully saturated rings. The van der Waals surface area contributed by atoms with Crippen LogP contribution >= 0.6 is 11.3 Å². The number of nitrogens with one attached hydrogen (secondary N) is 1. The van der Waals surface area contributed by atoms with Gasteiger partial charge in [0.25, 0.3) is 0 Å². The summed E-state index contributed by atoms with van der Waals surface area (Å²) in [6, 6.07) is 12.0. The van der Waals surface area contributed by atoms with Crippen molar-refractivity contribution in [3.63, 3.8) is 0 Å². The fourth-order valence-electron chi connectivity index (χ4n) is 2.14. The molecule has 1 aromatic carbocycles. The predicted octanol–water partition coefficient (Wildman–Crippen LogP) is 3.59. The van der Waals surface area contributed by atoms with Crippen LogP contribution in [0, 0.1) is 0 Å². The van der Waals surface area contributed by atoms with Crippen LogP contribution in [0.2, 0.25) is 0 Å². The maximum atomic E-state index is 4.51. The number of benzene rings is 1. The van der Waals surface area contributed by atoms with E-state index in [1.54, 1.807) is 17.5 Å². The molecule has 0 spiro atoms. The second kappa shape index (κ2) is 6.11. The number of anilines is 2. The van der Waals surface area contributed by atoms with E-state index >= 15 is 0 Å². The van der Waals surface area contributed by atoms with Gasteiger partial charge in [-0.05, 0) is 31.2 Å². The van der Waals surface area contributed by atoms with Gasteiger partial charge in [-0.1, -0.05) is 23.5 Å². The summed E-state index contributed by atoms with van der Waals surface area (Å²) in [7, 11) is 3.99. The maximum Gasteiger partial charge on any atom is 0.204 e. The van der Waals surface area contributed by atoms with Crippen molar-refractivity contribution in [2.45, 2.75) is 6.92 Å². The lowest BCUT2D eigenvalue weighted by Gasteiger charge is -2.15. The Kier molecular flexibility index (Phi) is 4.02. The second-order valence-corrected chi connectivity index (χ2v) is 6.09. The molecule has 112 valence electrons. The first-order valence-corrected chi connectivity index (χ1v) is 7.75. The summed E-state index contributed by atoms with van der Waals surface area (Å²) in [6.07, 6.45) is 1.78. The molecule has 1 N–H and O–H groups in total. The van der Waals surface area contributed by atoms with E-state index in [4.69, 9.17) is 0 Å². The SMILES string of the molecule is C/C(=N\Nc1nc2ccccc2s1)c1ncccc1N(C)C. The molecule has 0 saturated carbocycles. The molecule has 3 rings (SSSR count). The Morgan fingerprint density at radius 1 is 1.18 bits per heavy atom. The largest absolute Gasteiger partial charge is 0.376 e. The van der Waals surface area contributed by atoms with Gasteiger partial charge in [0.1, 0.15) is 5.69 Å². The molecule has 5 nitrogen and oxygen atoms in total. The summed E-state index contributed by atoms with van der Waals surface area (Å²) < 4.78 is 1.14. The molecule has 0 unspecified atom stereocenters. The van der Waals surface area contributed by atoms with Gasteiger partial charge in [0, 0.05) is 20.3 Å². The van der Waals surface area contributed by atoms with E-state index in [1.807, 2.05) is 56.3 Å². The van der Waals surface area contributed by atoms with Gasteiger partial charge >= 0.3 is 0 Å². The maximum absolute atomic E-state index is 4.51. The van der Waals surface area contributed by atoms with E-state index in [0.717, 1.165) is 32.4 Å². The number of hydrazone groups is 1. The number of rotatable bonds is 4. The normalized spacial score (nSPS) is 11.7. The van der Waals surface area contributed by atoms with Crippen LogP contribution in [0.5, 0.6) is 0 Å². The van der Waals surface area contributed by atoms with Gasteiger partial charge in [0.05, 0.1) is 21.6 Å². The summed E-state index contributed by atoms with van der Waals surface area (Å²) in [5.41, 5.74) is 6.74. The Hall–Kier alpha value is -2.47. The number of fused-ring (bicyclic) bond motifs is 1. The molecule has 0 aliphatic heterocycles. The molecule has 0 saturated heterocycles. The highest BCUT2D eigenvalue weighted by Crippen LogP contribution is 2.25. The lowest BCUT2D eigenvalue weighted by atomic mass is 10.2. The van der Waals surface area contributed by atoms with E-state index < -0.39 is 0 Å². The zero-order valence-corrected chi connectivity index (χ0v) is 13.6. The van der Waals surface area contributed by atoms with E-state index in [9.17, 15) is 0 Å². The van der Waals surface area contributed by atoms with Gasteiger partial charge in [-0.25, -0.2) is 4.98 Å². The van der Waals surface area contributed by atoms with Crippen LogP contribution in [0.1, 0.15) is 12.6 Å². The van der Waals surface area contributed by atoms with E-state index in [1.165, 1.54) is 0 Å². The molecule has 0 aliphatic carbocycles. The van der Waals surface area contributed by atoms with Gasteiger partial charge in [0.15, 0.2) is 0 Å². The first-order valence-electron chi connectivity index (χ1n) is 6.94. The molecule has 22 heavy (non-hydrogen) atoms. The quantitative estimate of drug-likeness (QED) is 0.591. The molecule has 0 aliphatic rings. The lowest BCUT2D eigenvalue weighted by molar-refractivity contribution is 1.10. The topological polar surface area (TPSA) is 53.4 Å². The molecule has 0 bridgehead atoms. The Labute approximate surface area is 133 Å². The minimum Gasteiger partial charge on any atom is -0.376 e. The van der Waals surface area contributed by atoms with Crippen molar-refractivity contribution in [2.24, 2.45) is 5.10 Å². The Morgan fingerprint density at radius 2 is 2.00 bits per heavy atom. The zero-order valence-electron chi connectivity index (χ0n) is 12.7. The Morgan fingerprint density at radius 3 is 2.77 bits per heavy atom. The number of para-hydroxylation sites is 1. The first kappa shape index (κ1) is 14.5. The third-order valence-corrected chi connectivity index (χ3v) is 4.17. The van der Waals surface area contributed by atoms with E-state index in [0.29, 0.717) is 0 Å². The van der Waals surface area contributed by atoms with Crippen molar-refractivity contribution in [1.82, 2.24) is 9.97 Å². The van der Waals surface area contributed by atoms with E-state index in [2.05, 4.69) is 26.6 Å². The molecule has 6 heteroatoms. The fourth-order valence-corrected chi connectivity index (χ4v) is 2.95. The van der Waals surface area contributed by atoms with Crippen LogP contribution in [0.25, 0.3) is 10.2 Å². The lowest BCUT2D eigenvalue weighted by Crippen LogP contribution is -2.15. The van der Waals surface area contributed by atoms with Gasteiger partial charge in [-0.15, -0.1) is 0 Å². The summed E-state index contributed by atoms with van der Waals surface area (Å²) in [6.45, 7) is 1.94. The van der Waals surface area contributed by atoms with Gasteiger partial charge in [-0.2, -0.15) is 5.10 Å². The van der Waals surface area contributed by atoms with Crippen LogP contribution in [-0.2, 0) is 0 Å². The molecule has 0 atom stereocenters. The van der Waals surface area contributed by atoms with Crippen molar-refractivity contribution >= 4 is 38.1 Å². The van der Waals surface area contributed by atoms with Crippen LogP contribution in [0.4, 0.5) is 10.8 Å². The molecule has 2 aromatic heterocycles. The van der Waals surface area contributed by atoms with Crippen molar-refractivity contribution in [2.75, 3.05) is 24.4 Å². The molecule has 0 radical (unpaired) electrons. The van der Waals surface area contributed by atoms with Gasteiger partial charge in [-0.3, -0.25) is 10.4 Å². The van der Waals surface area contributed by atoms with Crippen molar-refractivity contribution in [3.05, 3.63) is 48.3 Å². The number of hydrogen-bond acceptors (Lipinski definition) is 6. The molecular weight excluding hydrogens is 294 g/mol. The third kappa shape index (κ3) is 2.92. The highest BCUT2D eigenvalue weighted by atomic mass is 32.1. The number of nitrogens with zero attached hydrogens (tertiary/aromatic N) is 4. The molecule has 3 aromatic rings. The van der Waals surface area contributed by atoms with Gasteiger partial charge in [0.2, 0.25) is 5.13 Å². The molecule has 2 heterocycles. The monoisotopic (exact) mass is 311 g/mol. The standard InChI is InChI=1S/C16H17N5S/c1-11(15-13(21(2)3)8-6-10-17-15)19-20-16-18-12-7-4-5-9-14(12)22-16/h4-10H,1-3H3,(H,18,20)/b19-11+. The summed E-state index contributed by atoms with van der Waals surface area (Å²) >= 11 is 1.58. The minimum atomic E-state index is 0.780. The smallest absolute Gasteiger partial charge is 0.204 e. The van der Waals surface area contributed by atoms with Crippen molar-refractivity contribution < 1.29 is 0 Å². The highest BCUT2D eigenvalue weighted by molar-refractivity contribution is 7.22. The van der Waals surface area contributed by atoms with Gasteiger partial charge < -0.3 is 4.90 Å². The predicted molar refractivity (Wildman–Crippen MR) is 94.0 cm³/mol. The summed E-state index contributed by atoms with van der Waals surface area (Å²) in [5, 5.41) is 5.21. The summed E-state index contributed by atoms with van der Waals surface area (Å²) in [4.78, 5) is 11.0. The fraction of sp³-hybridized carbons (Fsp3) is 0.188. The van der Waals surface area contributed by atoms with E-state index in [-0.39, 0.29) is 0 Å². The highest BCUT2D eigenvalue weighted by Gasteiger charge is 2.09. The second-order valence-electron chi connectivity index (χ2n) is 5.06. The number of aromatic nitrogens is 2. The number of pyridine rings is 1. The number of hydrogen-bond donors (Lipinski definition) is 1. The minimum absolute atomic E-state index is 0.780. The Balaban J connectivity index is 1.86. The van der Waals surface area contributed by atoms with Crippen molar-refractivity contribution in [3.8, 4) is 0 Å². The number of thiazole rings is 1. The molecule has 0 amide bonds. The molecular formula is C16H17N5S. The third-order valence-electron chi connectivity index (χ3n) is 3.22. The van der Waals surface area contributed by atoms with Crippen LogP contribution in [-0.4, -0.2) is 29.8 Å². The van der Waals surface area contributed by atoms with Crippen LogP contribution in [0.15, 0.2) is 47.7 Å². The van der Waals surface area contributed by atoms with Crippen LogP contribution in [0.3, 0.4) is 0 Å². The first-order chi connectivity index (χ1) is 10.6. The average Bonchev–Trinajstić information content (AvgIpc) is 2.95. The zero-order chi connectivity index (χ0) is 15.5. The Bertz CT molecular complexity index is 789. The van der Waals surface area contributed by atoms with Crippen LogP contribution < -0.4 is 10.3 Å². The summed E-state index contributed by atoms with van der Waals surface area (Å²) in [5.74, 6) is 0. The van der Waals surface area contributed by atoms with Crippen molar-refractivity contribution in [1.29, 1.82) is 0 Å². The average molecular weight is 311 g/mol.